The number of carbonyl (C=O) groups excluding carboxylic acids is 6. The third-order valence-corrected chi connectivity index (χ3v) is 3.94. The van der Waals surface area contributed by atoms with Gasteiger partial charge in [-0.1, -0.05) is 0 Å². The van der Waals surface area contributed by atoms with Gasteiger partial charge in [0.15, 0.2) is 0 Å². The molecule has 0 bridgehead atoms. The zero-order valence-electron chi connectivity index (χ0n) is 18.0. The quantitative estimate of drug-likeness (QED) is 0.115. The van der Waals surface area contributed by atoms with Crippen LogP contribution >= 0.6 is 0 Å². The first kappa shape index (κ1) is 29.2. The van der Waals surface area contributed by atoms with Crippen molar-refractivity contribution in [2.45, 2.75) is 44.4 Å². The maximum absolute atomic E-state index is 12.2. The molecule has 0 aliphatic carbocycles. The Kier molecular flexibility index (Phi) is 12.7. The highest BCUT2D eigenvalue weighted by atomic mass is 16.4. The summed E-state index contributed by atoms with van der Waals surface area (Å²) in [6.45, 7) is 0.608. The molecule has 16 heteroatoms. The molecule has 0 aliphatic heterocycles. The highest BCUT2D eigenvalue weighted by molar-refractivity contribution is 5.95. The summed E-state index contributed by atoms with van der Waals surface area (Å²) >= 11 is 0. The number of aliphatic carboxylic acids is 1. The SMILES string of the molecule is C[C@H](NC(=O)CNC(=O)[C@H](CC(N)=O)NC(=O)CNC(=O)[C@H](C)NC(=O)[C@@H](N)CO)C(=O)O. The molecule has 186 valence electrons. The number of carboxylic acid groups (broad SMARTS) is 1. The van der Waals surface area contributed by atoms with Gasteiger partial charge in [0.25, 0.3) is 0 Å². The fourth-order valence-electron chi connectivity index (χ4n) is 2.09. The fourth-order valence-corrected chi connectivity index (χ4v) is 2.09. The van der Waals surface area contributed by atoms with Gasteiger partial charge in [0.05, 0.1) is 26.1 Å². The van der Waals surface area contributed by atoms with E-state index in [-0.39, 0.29) is 0 Å². The second-order valence-electron chi connectivity index (χ2n) is 6.87. The van der Waals surface area contributed by atoms with Crippen molar-refractivity contribution in [3.05, 3.63) is 0 Å². The van der Waals surface area contributed by atoms with E-state index in [0.29, 0.717) is 0 Å². The van der Waals surface area contributed by atoms with Gasteiger partial charge in [-0.2, -0.15) is 0 Å². The molecule has 0 aromatic rings. The van der Waals surface area contributed by atoms with E-state index in [1.807, 2.05) is 0 Å². The number of nitrogens with two attached hydrogens (primary N) is 2. The lowest BCUT2D eigenvalue weighted by atomic mass is 10.1. The molecule has 0 rings (SSSR count). The van der Waals surface area contributed by atoms with E-state index in [4.69, 9.17) is 21.7 Å². The largest absolute Gasteiger partial charge is 0.480 e. The zero-order valence-corrected chi connectivity index (χ0v) is 18.0. The first-order valence-electron chi connectivity index (χ1n) is 9.60. The van der Waals surface area contributed by atoms with Crippen LogP contribution in [0.1, 0.15) is 20.3 Å². The van der Waals surface area contributed by atoms with Crippen molar-refractivity contribution < 1.29 is 43.8 Å². The minimum Gasteiger partial charge on any atom is -0.480 e. The Hall–Kier alpha value is -3.79. The molecule has 6 amide bonds. The summed E-state index contributed by atoms with van der Waals surface area (Å²) in [6.07, 6.45) is -0.621. The smallest absolute Gasteiger partial charge is 0.325 e. The normalized spacial score (nSPS) is 13.9. The van der Waals surface area contributed by atoms with E-state index >= 15 is 0 Å². The van der Waals surface area contributed by atoms with E-state index in [9.17, 15) is 33.6 Å². The zero-order chi connectivity index (χ0) is 25.7. The Balaban J connectivity index is 4.74. The van der Waals surface area contributed by atoms with Crippen molar-refractivity contribution in [1.29, 1.82) is 0 Å². The standard InChI is InChI=1S/C17H29N7O9/c1-7(23-15(30)9(18)6-25)14(29)20-5-13(28)24-10(3-11(19)26)16(31)21-4-12(27)22-8(2)17(32)33/h7-10,25H,3-6,18H2,1-2H3,(H2,19,26)(H,20,29)(H,21,31)(H,22,27)(H,23,30)(H,24,28)(H,32,33)/t7-,8-,9-,10-/m0/s1. The first-order chi connectivity index (χ1) is 15.3. The van der Waals surface area contributed by atoms with Crippen LogP contribution in [0.2, 0.25) is 0 Å². The van der Waals surface area contributed by atoms with E-state index in [1.165, 1.54) is 13.8 Å². The van der Waals surface area contributed by atoms with Crippen LogP contribution in [0.5, 0.6) is 0 Å². The van der Waals surface area contributed by atoms with Crippen LogP contribution in [0, 0.1) is 0 Å². The lowest BCUT2D eigenvalue weighted by molar-refractivity contribution is -0.141. The Morgan fingerprint density at radius 2 is 1.30 bits per heavy atom. The summed E-state index contributed by atoms with van der Waals surface area (Å²) in [5.41, 5.74) is 10.4. The maximum Gasteiger partial charge on any atom is 0.325 e. The molecular formula is C17H29N7O9. The number of hydrogen-bond donors (Lipinski definition) is 9. The number of primary amides is 1. The van der Waals surface area contributed by atoms with Crippen LogP contribution in [0.4, 0.5) is 0 Å². The van der Waals surface area contributed by atoms with Gasteiger partial charge in [-0.15, -0.1) is 0 Å². The van der Waals surface area contributed by atoms with Crippen LogP contribution < -0.4 is 38.1 Å². The van der Waals surface area contributed by atoms with Crippen LogP contribution in [0.15, 0.2) is 0 Å². The molecule has 16 nitrogen and oxygen atoms in total. The van der Waals surface area contributed by atoms with Crippen LogP contribution in [-0.4, -0.2) is 95.5 Å². The second kappa shape index (κ2) is 14.3. The van der Waals surface area contributed by atoms with Crippen molar-refractivity contribution in [1.82, 2.24) is 26.6 Å². The number of carbonyl (C=O) groups is 7. The molecule has 0 fully saturated rings. The van der Waals surface area contributed by atoms with Crippen molar-refractivity contribution in [2.24, 2.45) is 11.5 Å². The molecule has 0 spiro atoms. The van der Waals surface area contributed by atoms with Crippen molar-refractivity contribution in [2.75, 3.05) is 19.7 Å². The average molecular weight is 475 g/mol. The number of amides is 6. The molecule has 0 aromatic heterocycles. The molecule has 0 saturated carbocycles. The molecular weight excluding hydrogens is 446 g/mol. The summed E-state index contributed by atoms with van der Waals surface area (Å²) in [5.74, 6) is -6.47. The van der Waals surface area contributed by atoms with Crippen LogP contribution in [-0.2, 0) is 33.6 Å². The summed E-state index contributed by atoms with van der Waals surface area (Å²) in [6, 6.07) is -5.01. The molecule has 0 unspecified atom stereocenters. The van der Waals surface area contributed by atoms with Crippen molar-refractivity contribution in [3.63, 3.8) is 0 Å². The van der Waals surface area contributed by atoms with E-state index in [0.717, 1.165) is 0 Å². The van der Waals surface area contributed by atoms with E-state index < -0.39 is 91.7 Å². The predicted molar refractivity (Wildman–Crippen MR) is 110 cm³/mol. The predicted octanol–water partition coefficient (Wildman–Crippen LogP) is -6.01. The summed E-state index contributed by atoms with van der Waals surface area (Å²) in [5, 5.41) is 28.3. The van der Waals surface area contributed by atoms with E-state index in [1.54, 1.807) is 0 Å². The lowest BCUT2D eigenvalue weighted by Crippen LogP contribution is -2.54. The topological polar surface area (TPSA) is 272 Å². The summed E-state index contributed by atoms with van der Waals surface area (Å²) < 4.78 is 0. The second-order valence-corrected chi connectivity index (χ2v) is 6.87. The number of nitrogens with one attached hydrogen (secondary N) is 5. The molecule has 0 aromatic carbocycles. The molecule has 0 heterocycles. The number of aliphatic hydroxyl groups is 1. The Morgan fingerprint density at radius 3 is 1.79 bits per heavy atom. The molecule has 11 N–H and O–H groups in total. The van der Waals surface area contributed by atoms with Gasteiger partial charge in [0.2, 0.25) is 35.4 Å². The first-order valence-corrected chi connectivity index (χ1v) is 9.60. The highest BCUT2D eigenvalue weighted by Gasteiger charge is 2.25. The number of rotatable bonds is 14. The minimum atomic E-state index is -1.48. The lowest BCUT2D eigenvalue weighted by Gasteiger charge is -2.19. The summed E-state index contributed by atoms with van der Waals surface area (Å²) in [4.78, 5) is 81.3. The molecule has 0 saturated heterocycles. The van der Waals surface area contributed by atoms with Gasteiger partial charge < -0.3 is 48.3 Å². The van der Waals surface area contributed by atoms with Crippen molar-refractivity contribution >= 4 is 41.4 Å². The highest BCUT2D eigenvalue weighted by Crippen LogP contribution is 1.93. The van der Waals surface area contributed by atoms with Gasteiger partial charge in [0, 0.05) is 0 Å². The molecule has 4 atom stereocenters. The third-order valence-electron chi connectivity index (χ3n) is 3.94. The Labute approximate surface area is 188 Å². The van der Waals surface area contributed by atoms with Crippen molar-refractivity contribution in [3.8, 4) is 0 Å². The molecule has 0 radical (unpaired) electrons. The van der Waals surface area contributed by atoms with Crippen LogP contribution in [0.25, 0.3) is 0 Å². The van der Waals surface area contributed by atoms with Gasteiger partial charge >= 0.3 is 5.97 Å². The third kappa shape index (κ3) is 12.0. The van der Waals surface area contributed by atoms with Gasteiger partial charge in [0.1, 0.15) is 24.2 Å². The van der Waals surface area contributed by atoms with Crippen LogP contribution in [0.3, 0.4) is 0 Å². The number of carboxylic acids is 1. The minimum absolute atomic E-state index is 0.621. The van der Waals surface area contributed by atoms with Gasteiger partial charge in [-0.05, 0) is 13.8 Å². The van der Waals surface area contributed by atoms with E-state index in [2.05, 4.69) is 26.6 Å². The average Bonchev–Trinajstić information content (AvgIpc) is 2.73. The monoisotopic (exact) mass is 475 g/mol. The van der Waals surface area contributed by atoms with Gasteiger partial charge in [-0.25, -0.2) is 0 Å². The molecule has 33 heavy (non-hydrogen) atoms. The fraction of sp³-hybridized carbons (Fsp3) is 0.588. The number of aliphatic hydroxyl groups excluding tert-OH is 1. The summed E-state index contributed by atoms with van der Waals surface area (Å²) in [7, 11) is 0. The Bertz CT molecular complexity index is 774. The maximum atomic E-state index is 12.2. The van der Waals surface area contributed by atoms with Gasteiger partial charge in [-0.3, -0.25) is 33.6 Å². The number of hydrogen-bond acceptors (Lipinski definition) is 9. The Morgan fingerprint density at radius 1 is 0.788 bits per heavy atom. The molecule has 0 aliphatic rings.